The summed E-state index contributed by atoms with van der Waals surface area (Å²) >= 11 is 0. The minimum absolute atomic E-state index is 0.00807. The highest BCUT2D eigenvalue weighted by molar-refractivity contribution is 5.89. The second-order valence-electron chi connectivity index (χ2n) is 5.68. The van der Waals surface area contributed by atoms with E-state index in [1.54, 1.807) is 30.3 Å². The first-order valence-corrected chi connectivity index (χ1v) is 7.48. The van der Waals surface area contributed by atoms with Crippen molar-refractivity contribution in [3.63, 3.8) is 0 Å². The second kappa shape index (κ2) is 6.60. The topological polar surface area (TPSA) is 88.3 Å². The molecular weight excluding hydrogens is 296 g/mol. The molecule has 0 aromatic carbocycles. The molecule has 2 aromatic heterocycles. The van der Waals surface area contributed by atoms with Gasteiger partial charge in [-0.3, -0.25) is 14.6 Å². The van der Waals surface area contributed by atoms with Gasteiger partial charge in [-0.1, -0.05) is 11.2 Å². The number of carbonyl (C=O) groups excluding carboxylic acids is 2. The van der Waals surface area contributed by atoms with Crippen LogP contribution in [0.4, 0.5) is 0 Å². The van der Waals surface area contributed by atoms with Crippen molar-refractivity contribution in [1.82, 2.24) is 20.4 Å². The molecule has 120 valence electrons. The summed E-state index contributed by atoms with van der Waals surface area (Å²) in [5.41, 5.74) is 1.63. The largest absolute Gasteiger partial charge is 0.361 e. The Morgan fingerprint density at radius 2 is 2.39 bits per heavy atom. The minimum Gasteiger partial charge on any atom is -0.361 e. The molecule has 2 aromatic rings. The van der Waals surface area contributed by atoms with Gasteiger partial charge in [-0.05, 0) is 18.6 Å². The Balaban J connectivity index is 1.53. The Bertz CT molecular complexity index is 698. The van der Waals surface area contributed by atoms with Gasteiger partial charge < -0.3 is 14.7 Å². The first kappa shape index (κ1) is 15.2. The molecule has 0 radical (unpaired) electrons. The molecule has 1 N–H and O–H groups in total. The van der Waals surface area contributed by atoms with Crippen LogP contribution in [0.25, 0.3) is 0 Å². The molecular formula is C16H18N4O3. The smallest absolute Gasteiger partial charge is 0.225 e. The number of pyridine rings is 1. The molecule has 1 aliphatic rings. The molecule has 3 rings (SSSR count). The summed E-state index contributed by atoms with van der Waals surface area (Å²) < 4.78 is 4.95. The van der Waals surface area contributed by atoms with Gasteiger partial charge in [-0.15, -0.1) is 0 Å². The molecule has 7 heteroatoms. The Kier molecular flexibility index (Phi) is 4.36. The number of aryl methyl sites for hydroxylation is 1. The fourth-order valence-corrected chi connectivity index (χ4v) is 2.64. The summed E-state index contributed by atoms with van der Waals surface area (Å²) in [6.45, 7) is 3.02. The van der Waals surface area contributed by atoms with Crippen molar-refractivity contribution in [1.29, 1.82) is 0 Å². The highest BCUT2D eigenvalue weighted by Crippen LogP contribution is 2.20. The first-order chi connectivity index (χ1) is 11.1. The van der Waals surface area contributed by atoms with E-state index in [4.69, 9.17) is 4.52 Å². The fourth-order valence-electron chi connectivity index (χ4n) is 2.64. The maximum atomic E-state index is 12.2. The van der Waals surface area contributed by atoms with Crippen LogP contribution in [0.1, 0.15) is 23.4 Å². The molecule has 23 heavy (non-hydrogen) atoms. The summed E-state index contributed by atoms with van der Waals surface area (Å²) in [5.74, 6) is 0.235. The predicted octanol–water partition coefficient (Wildman–Crippen LogP) is 1.04. The average Bonchev–Trinajstić information content (AvgIpc) is 3.12. The van der Waals surface area contributed by atoms with Crippen LogP contribution in [0.2, 0.25) is 0 Å². The van der Waals surface area contributed by atoms with E-state index < -0.39 is 0 Å². The summed E-state index contributed by atoms with van der Waals surface area (Å²) in [6.07, 6.45) is 3.66. The van der Waals surface area contributed by atoms with Gasteiger partial charge in [-0.2, -0.15) is 0 Å². The lowest BCUT2D eigenvalue weighted by atomic mass is 10.1. The molecule has 0 aliphatic carbocycles. The van der Waals surface area contributed by atoms with Crippen molar-refractivity contribution >= 4 is 11.8 Å². The van der Waals surface area contributed by atoms with Crippen molar-refractivity contribution in [3.8, 4) is 0 Å². The van der Waals surface area contributed by atoms with Gasteiger partial charge in [0.1, 0.15) is 11.5 Å². The highest BCUT2D eigenvalue weighted by atomic mass is 16.5. The number of rotatable bonds is 5. The molecule has 1 fully saturated rings. The van der Waals surface area contributed by atoms with Crippen LogP contribution in [-0.2, 0) is 22.7 Å². The first-order valence-electron chi connectivity index (χ1n) is 7.48. The average molecular weight is 314 g/mol. The van der Waals surface area contributed by atoms with E-state index in [1.165, 1.54) is 0 Å². The summed E-state index contributed by atoms with van der Waals surface area (Å²) in [6, 6.07) is 5.52. The van der Waals surface area contributed by atoms with Crippen molar-refractivity contribution in [2.24, 2.45) is 5.92 Å². The Hall–Kier alpha value is -2.70. The zero-order chi connectivity index (χ0) is 16.2. The van der Waals surface area contributed by atoms with Crippen molar-refractivity contribution in [2.75, 3.05) is 6.54 Å². The van der Waals surface area contributed by atoms with Crippen LogP contribution >= 0.6 is 0 Å². The molecule has 3 heterocycles. The number of hydrogen-bond donors (Lipinski definition) is 1. The number of nitrogens with one attached hydrogen (secondary N) is 1. The van der Waals surface area contributed by atoms with E-state index in [-0.39, 0.29) is 24.2 Å². The molecule has 1 atom stereocenters. The lowest BCUT2D eigenvalue weighted by Gasteiger charge is -2.16. The van der Waals surface area contributed by atoms with Gasteiger partial charge in [0, 0.05) is 38.0 Å². The third-order valence-corrected chi connectivity index (χ3v) is 3.80. The number of aromatic nitrogens is 2. The molecule has 1 saturated heterocycles. The van der Waals surface area contributed by atoms with Gasteiger partial charge in [0.15, 0.2) is 0 Å². The SMILES string of the molecule is Cc1cc(CNC(=O)C2CC(=O)N(Cc3cccnc3)C2)no1. The maximum Gasteiger partial charge on any atom is 0.225 e. The molecule has 2 amide bonds. The summed E-state index contributed by atoms with van der Waals surface area (Å²) in [7, 11) is 0. The van der Waals surface area contributed by atoms with Crippen LogP contribution < -0.4 is 5.32 Å². The molecule has 7 nitrogen and oxygen atoms in total. The second-order valence-corrected chi connectivity index (χ2v) is 5.68. The monoisotopic (exact) mass is 314 g/mol. The Labute approximate surface area is 133 Å². The van der Waals surface area contributed by atoms with Crippen molar-refractivity contribution < 1.29 is 14.1 Å². The van der Waals surface area contributed by atoms with Crippen molar-refractivity contribution in [3.05, 3.63) is 47.6 Å². The molecule has 1 unspecified atom stereocenters. The van der Waals surface area contributed by atoms with Crippen LogP contribution in [0.3, 0.4) is 0 Å². The number of amides is 2. The number of carbonyl (C=O) groups is 2. The number of likely N-dealkylation sites (tertiary alicyclic amines) is 1. The zero-order valence-electron chi connectivity index (χ0n) is 12.9. The number of hydrogen-bond acceptors (Lipinski definition) is 5. The lowest BCUT2D eigenvalue weighted by molar-refractivity contribution is -0.129. The third kappa shape index (κ3) is 3.74. The molecule has 0 saturated carbocycles. The van der Waals surface area contributed by atoms with Crippen LogP contribution in [0.5, 0.6) is 0 Å². The zero-order valence-corrected chi connectivity index (χ0v) is 12.9. The van der Waals surface area contributed by atoms with Gasteiger partial charge >= 0.3 is 0 Å². The summed E-state index contributed by atoms with van der Waals surface area (Å²) in [4.78, 5) is 30.0. The van der Waals surface area contributed by atoms with Crippen molar-refractivity contribution in [2.45, 2.75) is 26.4 Å². The van der Waals surface area contributed by atoms with E-state index in [0.29, 0.717) is 31.1 Å². The van der Waals surface area contributed by atoms with E-state index in [1.807, 2.05) is 12.1 Å². The van der Waals surface area contributed by atoms with E-state index in [0.717, 1.165) is 5.56 Å². The Morgan fingerprint density at radius 1 is 1.52 bits per heavy atom. The highest BCUT2D eigenvalue weighted by Gasteiger charge is 2.34. The Morgan fingerprint density at radius 3 is 3.09 bits per heavy atom. The summed E-state index contributed by atoms with van der Waals surface area (Å²) in [5, 5.41) is 6.63. The normalized spacial score (nSPS) is 17.5. The quantitative estimate of drug-likeness (QED) is 0.891. The van der Waals surface area contributed by atoms with E-state index in [2.05, 4.69) is 15.5 Å². The van der Waals surface area contributed by atoms with Gasteiger partial charge in [0.2, 0.25) is 11.8 Å². The van der Waals surface area contributed by atoms with Crippen LogP contribution in [0, 0.1) is 12.8 Å². The maximum absolute atomic E-state index is 12.2. The van der Waals surface area contributed by atoms with E-state index >= 15 is 0 Å². The number of nitrogens with zero attached hydrogens (tertiary/aromatic N) is 3. The lowest BCUT2D eigenvalue weighted by Crippen LogP contribution is -2.32. The van der Waals surface area contributed by atoms with Gasteiger partial charge in [-0.25, -0.2) is 0 Å². The standard InChI is InChI=1S/C16H18N4O3/c1-11-5-14(19-23-11)8-18-16(22)13-6-15(21)20(10-13)9-12-3-2-4-17-7-12/h2-5,7,13H,6,8-10H2,1H3,(H,18,22). The van der Waals surface area contributed by atoms with Gasteiger partial charge in [0.05, 0.1) is 12.5 Å². The van der Waals surface area contributed by atoms with E-state index in [9.17, 15) is 9.59 Å². The third-order valence-electron chi connectivity index (χ3n) is 3.80. The molecule has 1 aliphatic heterocycles. The van der Waals surface area contributed by atoms with Gasteiger partial charge in [0.25, 0.3) is 0 Å². The fraction of sp³-hybridized carbons (Fsp3) is 0.375. The minimum atomic E-state index is -0.327. The predicted molar refractivity (Wildman–Crippen MR) is 80.8 cm³/mol. The molecule has 0 bridgehead atoms. The molecule has 0 spiro atoms. The van der Waals surface area contributed by atoms with Crippen LogP contribution in [-0.4, -0.2) is 33.4 Å². The van der Waals surface area contributed by atoms with Crippen LogP contribution in [0.15, 0.2) is 35.1 Å².